The highest BCUT2D eigenvalue weighted by molar-refractivity contribution is 9.10. The number of aromatic nitrogens is 2. The van der Waals surface area contributed by atoms with Crippen molar-refractivity contribution in [2.75, 3.05) is 11.1 Å². The van der Waals surface area contributed by atoms with Crippen LogP contribution in [0.3, 0.4) is 0 Å². The Morgan fingerprint density at radius 1 is 1.47 bits per heavy atom. The van der Waals surface area contributed by atoms with Crippen molar-refractivity contribution in [3.63, 3.8) is 0 Å². The van der Waals surface area contributed by atoms with Crippen LogP contribution in [-0.2, 0) is 6.54 Å². The van der Waals surface area contributed by atoms with E-state index >= 15 is 0 Å². The van der Waals surface area contributed by atoms with Gasteiger partial charge in [0.2, 0.25) is 6.39 Å². The molecule has 0 radical (unpaired) electrons. The molecular weight excluding hydrogens is 260 g/mol. The van der Waals surface area contributed by atoms with Crippen LogP contribution in [0, 0.1) is 0 Å². The molecule has 78 valence electrons. The fraction of sp³-hybridized carbons (Fsp3) is 0.111. The SMILES string of the molecule is Nc1cc(Br)ccc1NCc1ncon1. The van der Waals surface area contributed by atoms with Crippen LogP contribution in [0.25, 0.3) is 0 Å². The van der Waals surface area contributed by atoms with Gasteiger partial charge in [0.25, 0.3) is 0 Å². The normalized spacial score (nSPS) is 10.2. The number of nitrogens with zero attached hydrogens (tertiary/aromatic N) is 2. The number of halogens is 1. The molecule has 0 atom stereocenters. The van der Waals surface area contributed by atoms with Crippen molar-refractivity contribution < 1.29 is 4.52 Å². The highest BCUT2D eigenvalue weighted by Gasteiger charge is 2.01. The van der Waals surface area contributed by atoms with E-state index in [-0.39, 0.29) is 0 Å². The number of hydrogen-bond acceptors (Lipinski definition) is 5. The van der Waals surface area contributed by atoms with Crippen LogP contribution in [0.15, 0.2) is 33.6 Å². The lowest BCUT2D eigenvalue weighted by molar-refractivity contribution is 0.411. The van der Waals surface area contributed by atoms with Gasteiger partial charge in [0.05, 0.1) is 17.9 Å². The van der Waals surface area contributed by atoms with Crippen molar-refractivity contribution >= 4 is 27.3 Å². The van der Waals surface area contributed by atoms with E-state index in [9.17, 15) is 0 Å². The predicted octanol–water partition coefficient (Wildman–Crippen LogP) is 2.03. The minimum Gasteiger partial charge on any atom is -0.397 e. The molecule has 0 unspecified atom stereocenters. The first kappa shape index (κ1) is 9.97. The van der Waals surface area contributed by atoms with Crippen LogP contribution in [0.5, 0.6) is 0 Å². The van der Waals surface area contributed by atoms with E-state index in [2.05, 4.69) is 35.9 Å². The first-order chi connectivity index (χ1) is 7.25. The molecule has 0 saturated heterocycles. The topological polar surface area (TPSA) is 77.0 Å². The van der Waals surface area contributed by atoms with Crippen LogP contribution < -0.4 is 11.1 Å². The molecule has 2 aromatic rings. The van der Waals surface area contributed by atoms with Gasteiger partial charge in [-0.15, -0.1) is 0 Å². The monoisotopic (exact) mass is 268 g/mol. The Morgan fingerprint density at radius 2 is 2.33 bits per heavy atom. The number of nitrogen functional groups attached to an aromatic ring is 1. The minimum atomic E-state index is 0.488. The molecule has 1 heterocycles. The summed E-state index contributed by atoms with van der Waals surface area (Å²) >= 11 is 3.34. The highest BCUT2D eigenvalue weighted by Crippen LogP contribution is 2.23. The largest absolute Gasteiger partial charge is 0.397 e. The van der Waals surface area contributed by atoms with E-state index < -0.39 is 0 Å². The zero-order valence-electron chi connectivity index (χ0n) is 7.77. The molecule has 0 aliphatic carbocycles. The first-order valence-electron chi connectivity index (χ1n) is 4.30. The van der Waals surface area contributed by atoms with Gasteiger partial charge in [0, 0.05) is 4.47 Å². The average molecular weight is 269 g/mol. The van der Waals surface area contributed by atoms with Crippen molar-refractivity contribution in [2.45, 2.75) is 6.54 Å². The van der Waals surface area contributed by atoms with Crippen LogP contribution in [0.1, 0.15) is 5.82 Å². The second-order valence-electron chi connectivity index (χ2n) is 2.93. The first-order valence-corrected chi connectivity index (χ1v) is 5.09. The molecule has 3 N–H and O–H groups in total. The summed E-state index contributed by atoms with van der Waals surface area (Å²) in [7, 11) is 0. The Balaban J connectivity index is 2.05. The van der Waals surface area contributed by atoms with E-state index in [1.165, 1.54) is 6.39 Å². The average Bonchev–Trinajstić information content (AvgIpc) is 2.69. The smallest absolute Gasteiger partial charge is 0.213 e. The van der Waals surface area contributed by atoms with Gasteiger partial charge in [-0.3, -0.25) is 0 Å². The zero-order valence-corrected chi connectivity index (χ0v) is 9.36. The second-order valence-corrected chi connectivity index (χ2v) is 3.85. The van der Waals surface area contributed by atoms with Crippen LogP contribution >= 0.6 is 15.9 Å². The van der Waals surface area contributed by atoms with E-state index in [0.29, 0.717) is 18.1 Å². The molecule has 0 bridgehead atoms. The van der Waals surface area contributed by atoms with Gasteiger partial charge in [0.1, 0.15) is 0 Å². The van der Waals surface area contributed by atoms with Crippen LogP contribution in [0.2, 0.25) is 0 Å². The van der Waals surface area contributed by atoms with E-state index in [1.54, 1.807) is 0 Å². The van der Waals surface area contributed by atoms with Crippen molar-refractivity contribution in [3.8, 4) is 0 Å². The standard InChI is InChI=1S/C9H9BrN4O/c10-6-1-2-8(7(11)3-6)12-4-9-13-5-15-14-9/h1-3,5,12H,4,11H2. The van der Waals surface area contributed by atoms with Crippen LogP contribution in [-0.4, -0.2) is 10.1 Å². The molecule has 1 aromatic carbocycles. The molecule has 6 heteroatoms. The van der Waals surface area contributed by atoms with E-state index in [0.717, 1.165) is 10.2 Å². The number of benzene rings is 1. The lowest BCUT2D eigenvalue weighted by Gasteiger charge is -2.07. The molecule has 5 nitrogen and oxygen atoms in total. The number of hydrogen-bond donors (Lipinski definition) is 2. The molecule has 15 heavy (non-hydrogen) atoms. The summed E-state index contributed by atoms with van der Waals surface area (Å²) in [5.41, 5.74) is 7.33. The maximum Gasteiger partial charge on any atom is 0.213 e. The summed E-state index contributed by atoms with van der Waals surface area (Å²) in [4.78, 5) is 3.89. The van der Waals surface area contributed by atoms with Gasteiger partial charge in [-0.05, 0) is 18.2 Å². The maximum atomic E-state index is 5.80. The lowest BCUT2D eigenvalue weighted by Crippen LogP contribution is -2.03. The van der Waals surface area contributed by atoms with Gasteiger partial charge < -0.3 is 15.6 Å². The fourth-order valence-corrected chi connectivity index (χ4v) is 1.52. The molecular formula is C9H9BrN4O. The number of anilines is 2. The third-order valence-electron chi connectivity index (χ3n) is 1.86. The molecule has 0 saturated carbocycles. The summed E-state index contributed by atoms with van der Waals surface area (Å²) in [6.07, 6.45) is 1.29. The van der Waals surface area contributed by atoms with E-state index in [4.69, 9.17) is 5.73 Å². The number of rotatable bonds is 3. The van der Waals surface area contributed by atoms with Gasteiger partial charge in [-0.1, -0.05) is 21.1 Å². The van der Waals surface area contributed by atoms with Gasteiger partial charge >= 0.3 is 0 Å². The molecule has 2 rings (SSSR count). The van der Waals surface area contributed by atoms with Crippen LogP contribution in [0.4, 0.5) is 11.4 Å². The molecule has 0 amide bonds. The summed E-state index contributed by atoms with van der Waals surface area (Å²) in [6, 6.07) is 5.63. The third-order valence-corrected chi connectivity index (χ3v) is 2.35. The Hall–Kier alpha value is -1.56. The number of nitrogens with one attached hydrogen (secondary N) is 1. The molecule has 0 aliphatic rings. The summed E-state index contributed by atoms with van der Waals surface area (Å²) in [5.74, 6) is 0.595. The highest BCUT2D eigenvalue weighted by atomic mass is 79.9. The lowest BCUT2D eigenvalue weighted by atomic mass is 10.2. The van der Waals surface area contributed by atoms with Crippen molar-refractivity contribution in [1.82, 2.24) is 10.1 Å². The van der Waals surface area contributed by atoms with Crippen molar-refractivity contribution in [2.24, 2.45) is 0 Å². The van der Waals surface area contributed by atoms with E-state index in [1.807, 2.05) is 18.2 Å². The number of nitrogens with two attached hydrogens (primary N) is 1. The van der Waals surface area contributed by atoms with Crippen molar-refractivity contribution in [1.29, 1.82) is 0 Å². The van der Waals surface area contributed by atoms with Gasteiger partial charge in [0.15, 0.2) is 5.82 Å². The molecule has 0 fully saturated rings. The Kier molecular flexibility index (Phi) is 2.86. The Morgan fingerprint density at radius 3 is 3.00 bits per heavy atom. The Labute approximate surface area is 94.8 Å². The summed E-state index contributed by atoms with van der Waals surface area (Å²) in [5, 5.41) is 6.79. The van der Waals surface area contributed by atoms with Gasteiger partial charge in [-0.2, -0.15) is 4.98 Å². The minimum absolute atomic E-state index is 0.488. The maximum absolute atomic E-state index is 5.80. The predicted molar refractivity (Wildman–Crippen MR) is 60.2 cm³/mol. The molecule has 0 spiro atoms. The zero-order chi connectivity index (χ0) is 10.7. The second kappa shape index (κ2) is 4.31. The summed E-state index contributed by atoms with van der Waals surface area (Å²) in [6.45, 7) is 0.488. The molecule has 1 aromatic heterocycles. The fourth-order valence-electron chi connectivity index (χ4n) is 1.14. The third kappa shape index (κ3) is 2.47. The van der Waals surface area contributed by atoms with Gasteiger partial charge in [-0.25, -0.2) is 0 Å². The van der Waals surface area contributed by atoms with Crippen molar-refractivity contribution in [3.05, 3.63) is 34.9 Å². The summed E-state index contributed by atoms with van der Waals surface area (Å²) < 4.78 is 5.56. The Bertz CT molecular complexity index is 443. The quantitative estimate of drug-likeness (QED) is 0.833. The molecule has 0 aliphatic heterocycles.